The van der Waals surface area contributed by atoms with Gasteiger partial charge in [-0.1, -0.05) is 0 Å². The molecule has 1 aromatic carbocycles. The van der Waals surface area contributed by atoms with Crippen LogP contribution >= 0.6 is 0 Å². The number of carbonyl (C=O) groups excluding carboxylic acids is 1. The van der Waals surface area contributed by atoms with Gasteiger partial charge < -0.3 is 15.3 Å². The first-order valence-electron chi connectivity index (χ1n) is 6.47. The second-order valence-corrected chi connectivity index (χ2v) is 4.96. The van der Waals surface area contributed by atoms with Crippen molar-refractivity contribution in [2.24, 2.45) is 5.73 Å². The number of hydrogen-bond acceptors (Lipinski definition) is 4. The van der Waals surface area contributed by atoms with E-state index in [0.29, 0.717) is 12.1 Å². The molecule has 0 aliphatic carbocycles. The minimum atomic E-state index is -1.68. The minimum Gasteiger partial charge on any atom is -0.502 e. The highest BCUT2D eigenvalue weighted by Gasteiger charge is 2.27. The van der Waals surface area contributed by atoms with Crippen molar-refractivity contribution >= 4 is 5.91 Å². The van der Waals surface area contributed by atoms with Crippen molar-refractivity contribution in [3.63, 3.8) is 0 Å². The van der Waals surface area contributed by atoms with Gasteiger partial charge in [0.25, 0.3) is 0 Å². The molecule has 1 atom stereocenters. The van der Waals surface area contributed by atoms with Crippen molar-refractivity contribution in [2.75, 3.05) is 0 Å². The highest BCUT2D eigenvalue weighted by molar-refractivity contribution is 5.75. The molecule has 0 saturated carbocycles. The summed E-state index contributed by atoms with van der Waals surface area (Å²) in [5.41, 5.74) is 4.10. The second-order valence-electron chi connectivity index (χ2n) is 4.96. The van der Waals surface area contributed by atoms with Crippen LogP contribution in [0.3, 0.4) is 0 Å². The van der Waals surface area contributed by atoms with Gasteiger partial charge in [-0.2, -0.15) is 0 Å². The van der Waals surface area contributed by atoms with Gasteiger partial charge in [0.2, 0.25) is 17.1 Å². The third kappa shape index (κ3) is 3.36. The Morgan fingerprint density at radius 1 is 1.26 bits per heavy atom. The Bertz CT molecular complexity index is 809. The lowest BCUT2D eigenvalue weighted by Crippen LogP contribution is -2.18. The summed E-state index contributed by atoms with van der Waals surface area (Å²) in [6.45, 7) is 1.41. The summed E-state index contributed by atoms with van der Waals surface area (Å²) < 4.78 is 45.2. The third-order valence-corrected chi connectivity index (χ3v) is 3.20. The van der Waals surface area contributed by atoms with E-state index < -0.39 is 46.9 Å². The summed E-state index contributed by atoms with van der Waals surface area (Å²) >= 11 is 0. The SMILES string of the molecule is Cc1cc(=O)c(O)c(C(CC(N)=O)c2cc(F)c(F)c(F)c2)o1. The molecule has 0 radical (unpaired) electrons. The normalized spacial score (nSPS) is 12.2. The highest BCUT2D eigenvalue weighted by atomic mass is 19.2. The second kappa shape index (κ2) is 6.15. The van der Waals surface area contributed by atoms with E-state index >= 15 is 0 Å². The van der Waals surface area contributed by atoms with Gasteiger partial charge in [-0.15, -0.1) is 0 Å². The Kier molecular flexibility index (Phi) is 4.44. The fraction of sp³-hybridized carbons (Fsp3) is 0.200. The number of carbonyl (C=O) groups is 1. The molecule has 0 aliphatic heterocycles. The largest absolute Gasteiger partial charge is 0.502 e. The molecule has 1 unspecified atom stereocenters. The monoisotopic (exact) mass is 327 g/mol. The molecular weight excluding hydrogens is 315 g/mol. The van der Waals surface area contributed by atoms with Crippen molar-refractivity contribution in [3.05, 3.63) is 63.0 Å². The molecule has 8 heteroatoms. The van der Waals surface area contributed by atoms with Crippen LogP contribution in [-0.4, -0.2) is 11.0 Å². The van der Waals surface area contributed by atoms with Gasteiger partial charge in [0.1, 0.15) is 5.76 Å². The van der Waals surface area contributed by atoms with E-state index in [-0.39, 0.29) is 17.1 Å². The zero-order valence-corrected chi connectivity index (χ0v) is 11.9. The van der Waals surface area contributed by atoms with Gasteiger partial charge in [-0.3, -0.25) is 9.59 Å². The van der Waals surface area contributed by atoms with Crippen LogP contribution in [0.5, 0.6) is 5.75 Å². The Morgan fingerprint density at radius 2 is 1.83 bits per heavy atom. The van der Waals surface area contributed by atoms with E-state index in [4.69, 9.17) is 10.2 Å². The molecule has 0 fully saturated rings. The molecule has 122 valence electrons. The number of nitrogens with two attached hydrogens (primary N) is 1. The molecule has 1 aromatic heterocycles. The van der Waals surface area contributed by atoms with Crippen LogP contribution in [0.15, 0.2) is 27.4 Å². The van der Waals surface area contributed by atoms with E-state index in [9.17, 15) is 27.9 Å². The van der Waals surface area contributed by atoms with Crippen molar-refractivity contribution in [3.8, 4) is 5.75 Å². The number of amides is 1. The number of aryl methyl sites for hydroxylation is 1. The van der Waals surface area contributed by atoms with E-state index in [2.05, 4.69) is 0 Å². The predicted octanol–water partition coefficient (Wildman–Crippen LogP) is 2.08. The van der Waals surface area contributed by atoms with E-state index in [1.54, 1.807) is 0 Å². The minimum absolute atomic E-state index is 0.111. The van der Waals surface area contributed by atoms with Gasteiger partial charge >= 0.3 is 0 Å². The molecule has 2 aromatic rings. The first-order valence-corrected chi connectivity index (χ1v) is 6.47. The average Bonchev–Trinajstić information content (AvgIpc) is 2.45. The fourth-order valence-electron chi connectivity index (χ4n) is 2.20. The van der Waals surface area contributed by atoms with Crippen LogP contribution in [0.4, 0.5) is 13.2 Å². The lowest BCUT2D eigenvalue weighted by molar-refractivity contribution is -0.118. The van der Waals surface area contributed by atoms with E-state index in [1.807, 2.05) is 0 Å². The molecule has 1 heterocycles. The highest BCUT2D eigenvalue weighted by Crippen LogP contribution is 2.34. The van der Waals surface area contributed by atoms with Crippen LogP contribution in [-0.2, 0) is 4.79 Å². The third-order valence-electron chi connectivity index (χ3n) is 3.20. The maximum atomic E-state index is 13.4. The smallest absolute Gasteiger partial charge is 0.227 e. The molecule has 3 N–H and O–H groups in total. The van der Waals surface area contributed by atoms with Gasteiger partial charge in [0, 0.05) is 12.5 Å². The molecule has 0 spiro atoms. The zero-order chi connectivity index (χ0) is 17.3. The quantitative estimate of drug-likeness (QED) is 0.841. The number of halogens is 3. The summed E-state index contributed by atoms with van der Waals surface area (Å²) in [6.07, 6.45) is -0.509. The Labute approximate surface area is 128 Å². The molecule has 23 heavy (non-hydrogen) atoms. The lowest BCUT2D eigenvalue weighted by Gasteiger charge is -2.17. The molecule has 1 amide bonds. The van der Waals surface area contributed by atoms with Crippen LogP contribution in [0.1, 0.15) is 29.4 Å². The number of hydrogen-bond donors (Lipinski definition) is 2. The average molecular weight is 327 g/mol. The predicted molar refractivity (Wildman–Crippen MR) is 73.4 cm³/mol. The van der Waals surface area contributed by atoms with Crippen LogP contribution in [0, 0.1) is 24.4 Å². The Balaban J connectivity index is 2.68. The van der Waals surface area contributed by atoms with Gasteiger partial charge in [-0.05, 0) is 24.6 Å². The van der Waals surface area contributed by atoms with Crippen LogP contribution in [0.2, 0.25) is 0 Å². The number of rotatable bonds is 4. The van der Waals surface area contributed by atoms with E-state index in [1.165, 1.54) is 6.92 Å². The summed E-state index contributed by atoms with van der Waals surface area (Å²) in [5.74, 6) is -7.84. The summed E-state index contributed by atoms with van der Waals surface area (Å²) in [5, 5.41) is 9.84. The van der Waals surface area contributed by atoms with Crippen molar-refractivity contribution < 1.29 is 27.5 Å². The number of aromatic hydroxyl groups is 1. The van der Waals surface area contributed by atoms with Gasteiger partial charge in [-0.25, -0.2) is 13.2 Å². The Morgan fingerprint density at radius 3 is 2.35 bits per heavy atom. The zero-order valence-electron chi connectivity index (χ0n) is 11.9. The fourth-order valence-corrected chi connectivity index (χ4v) is 2.20. The molecule has 5 nitrogen and oxygen atoms in total. The first-order chi connectivity index (χ1) is 10.7. The first kappa shape index (κ1) is 16.6. The molecular formula is C15H12F3NO4. The summed E-state index contributed by atoms with van der Waals surface area (Å²) in [6, 6.07) is 2.30. The van der Waals surface area contributed by atoms with Gasteiger partial charge in [0.15, 0.2) is 23.2 Å². The van der Waals surface area contributed by atoms with Crippen LogP contribution in [0.25, 0.3) is 0 Å². The summed E-state index contributed by atoms with van der Waals surface area (Å²) in [7, 11) is 0. The Hall–Kier alpha value is -2.77. The molecule has 2 rings (SSSR count). The molecule has 0 bridgehead atoms. The number of primary amides is 1. The molecule has 0 aliphatic rings. The topological polar surface area (TPSA) is 93.5 Å². The number of benzene rings is 1. The van der Waals surface area contributed by atoms with Crippen molar-refractivity contribution in [2.45, 2.75) is 19.3 Å². The van der Waals surface area contributed by atoms with Gasteiger partial charge in [0.05, 0.1) is 5.92 Å². The standard InChI is InChI=1S/C15H12F3NO4/c1-6-2-11(20)14(22)15(23-6)8(5-12(19)21)7-3-9(16)13(18)10(17)4-7/h2-4,8,22H,5H2,1H3,(H2,19,21). The van der Waals surface area contributed by atoms with Crippen LogP contribution < -0.4 is 11.2 Å². The maximum absolute atomic E-state index is 13.4. The molecule has 0 saturated heterocycles. The lowest BCUT2D eigenvalue weighted by atomic mass is 9.91. The van der Waals surface area contributed by atoms with E-state index in [0.717, 1.165) is 6.07 Å². The summed E-state index contributed by atoms with van der Waals surface area (Å²) in [4.78, 5) is 22.9. The van der Waals surface area contributed by atoms with Crippen molar-refractivity contribution in [1.82, 2.24) is 0 Å². The van der Waals surface area contributed by atoms with Crippen molar-refractivity contribution in [1.29, 1.82) is 0 Å². The maximum Gasteiger partial charge on any atom is 0.227 e.